The summed E-state index contributed by atoms with van der Waals surface area (Å²) in [6, 6.07) is 16.3. The number of rotatable bonds is 4. The predicted octanol–water partition coefficient (Wildman–Crippen LogP) is 5.66. The van der Waals surface area contributed by atoms with Gasteiger partial charge in [0, 0.05) is 5.69 Å². The van der Waals surface area contributed by atoms with Gasteiger partial charge in [-0.1, -0.05) is 47.5 Å². The van der Waals surface area contributed by atoms with Crippen LogP contribution in [-0.4, -0.2) is 25.0 Å². The molecule has 1 fully saturated rings. The molecule has 0 bridgehead atoms. The summed E-state index contributed by atoms with van der Waals surface area (Å²) in [5.41, 5.74) is 2.28. The molecule has 1 unspecified atom stereocenters. The normalized spacial score (nSPS) is 18.1. The quantitative estimate of drug-likeness (QED) is 0.530. The molecule has 0 N–H and O–H groups in total. The molecule has 7 heteroatoms. The van der Waals surface area contributed by atoms with Crippen LogP contribution in [0.2, 0.25) is 0 Å². The maximum atomic E-state index is 15.7. The summed E-state index contributed by atoms with van der Waals surface area (Å²) in [7, 11) is 1.47. The summed E-state index contributed by atoms with van der Waals surface area (Å²) in [4.78, 5) is 28.1. The third kappa shape index (κ3) is 3.60. The molecule has 1 saturated heterocycles. The zero-order valence-corrected chi connectivity index (χ0v) is 17.9. The minimum absolute atomic E-state index is 0.0931. The summed E-state index contributed by atoms with van der Waals surface area (Å²) in [6.45, 7) is 3.69. The number of halogens is 2. The predicted molar refractivity (Wildman–Crippen MR) is 118 cm³/mol. The van der Waals surface area contributed by atoms with Crippen LogP contribution in [0.25, 0.3) is 0 Å². The van der Waals surface area contributed by atoms with Crippen LogP contribution in [0.15, 0.2) is 72.8 Å². The average molecular weight is 436 g/mol. The van der Waals surface area contributed by atoms with Crippen LogP contribution in [0.5, 0.6) is 5.75 Å². The van der Waals surface area contributed by atoms with E-state index >= 15 is 8.78 Å². The first-order valence-electron chi connectivity index (χ1n) is 10.1. The van der Waals surface area contributed by atoms with Gasteiger partial charge in [0.1, 0.15) is 11.8 Å². The van der Waals surface area contributed by atoms with E-state index in [1.807, 2.05) is 13.8 Å². The fraction of sp³-hybridized carbons (Fsp3) is 0.200. The maximum Gasteiger partial charge on any atom is 0.349 e. The van der Waals surface area contributed by atoms with Crippen molar-refractivity contribution in [3.05, 3.63) is 89.5 Å². The van der Waals surface area contributed by atoms with Crippen molar-refractivity contribution >= 4 is 23.3 Å². The maximum absolute atomic E-state index is 15.7. The van der Waals surface area contributed by atoms with E-state index in [-0.39, 0.29) is 16.9 Å². The summed E-state index contributed by atoms with van der Waals surface area (Å²) < 4.78 is 36.6. The van der Waals surface area contributed by atoms with Crippen LogP contribution in [0.4, 0.5) is 25.0 Å². The average Bonchev–Trinajstić information content (AvgIpc) is 2.78. The number of anilines is 2. The Hall–Kier alpha value is -3.74. The Bertz CT molecular complexity index is 1140. The molecule has 32 heavy (non-hydrogen) atoms. The number of amides is 3. The van der Waals surface area contributed by atoms with E-state index < -0.39 is 23.9 Å². The second-order valence-electron chi connectivity index (χ2n) is 7.76. The van der Waals surface area contributed by atoms with Crippen molar-refractivity contribution < 1.29 is 23.1 Å². The van der Waals surface area contributed by atoms with Crippen LogP contribution < -0.4 is 14.5 Å². The molecule has 1 aliphatic heterocycles. The Morgan fingerprint density at radius 1 is 0.781 bits per heavy atom. The van der Waals surface area contributed by atoms with Gasteiger partial charge in [-0.05, 0) is 55.8 Å². The number of carbonyl (C=O) groups excluding carboxylic acids is 2. The molecule has 164 valence electrons. The monoisotopic (exact) mass is 436 g/mol. The van der Waals surface area contributed by atoms with Gasteiger partial charge in [0.15, 0.2) is 0 Å². The lowest BCUT2D eigenvalue weighted by Crippen LogP contribution is -2.64. The molecule has 3 amide bonds. The highest BCUT2D eigenvalue weighted by molar-refractivity contribution is 6.24. The Balaban J connectivity index is 1.89. The number of aryl methyl sites for hydroxylation is 2. The zero-order chi connectivity index (χ0) is 23.0. The molecule has 4 rings (SSSR count). The minimum atomic E-state index is -3.88. The molecule has 0 aromatic heterocycles. The molecule has 1 aliphatic rings. The van der Waals surface area contributed by atoms with E-state index in [2.05, 4.69) is 0 Å². The van der Waals surface area contributed by atoms with Gasteiger partial charge < -0.3 is 4.74 Å². The second kappa shape index (κ2) is 8.07. The Labute approximate surface area is 184 Å². The molecular formula is C25H22F2N2O3. The topological polar surface area (TPSA) is 49.9 Å². The number of carbonyl (C=O) groups is 2. The Morgan fingerprint density at radius 3 is 1.78 bits per heavy atom. The van der Waals surface area contributed by atoms with Gasteiger partial charge in [0.2, 0.25) is 0 Å². The lowest BCUT2D eigenvalue weighted by molar-refractivity contribution is -0.146. The molecular weight excluding hydrogens is 414 g/mol. The number of urea groups is 1. The van der Waals surface area contributed by atoms with Crippen LogP contribution in [0, 0.1) is 13.8 Å². The van der Waals surface area contributed by atoms with E-state index in [0.717, 1.165) is 16.0 Å². The number of benzene rings is 3. The minimum Gasteiger partial charge on any atom is -0.497 e. The molecule has 3 aromatic carbocycles. The van der Waals surface area contributed by atoms with Crippen LogP contribution in [0.3, 0.4) is 0 Å². The largest absolute Gasteiger partial charge is 0.497 e. The molecule has 0 aliphatic carbocycles. The number of hydrogen-bond acceptors (Lipinski definition) is 3. The summed E-state index contributed by atoms with van der Waals surface area (Å²) in [6.07, 6.45) is 0. The fourth-order valence-corrected chi connectivity index (χ4v) is 3.76. The second-order valence-corrected chi connectivity index (χ2v) is 7.76. The fourth-order valence-electron chi connectivity index (χ4n) is 3.76. The molecule has 0 spiro atoms. The molecule has 3 aromatic rings. The lowest BCUT2D eigenvalue weighted by Gasteiger charge is -2.44. The van der Waals surface area contributed by atoms with Crippen molar-refractivity contribution in [1.29, 1.82) is 0 Å². The van der Waals surface area contributed by atoms with Crippen molar-refractivity contribution in [3.8, 4) is 5.75 Å². The van der Waals surface area contributed by atoms with Gasteiger partial charge in [-0.2, -0.15) is 8.78 Å². The van der Waals surface area contributed by atoms with Crippen LogP contribution in [-0.2, 0) is 4.79 Å². The van der Waals surface area contributed by atoms with E-state index in [1.54, 1.807) is 36.4 Å². The smallest absolute Gasteiger partial charge is 0.349 e. The standard InChI is InChI=1S/C25H22F2N2O3/c1-16-4-10-19(11-5-16)28-22(18-8-14-21(32-3)15-9-18)25(26,27)23(30)29(24(28)31)20-12-6-17(2)7-13-20/h4-15,22H,1-3H3. The highest BCUT2D eigenvalue weighted by Crippen LogP contribution is 2.45. The van der Waals surface area contributed by atoms with Gasteiger partial charge >= 0.3 is 17.9 Å². The zero-order valence-electron chi connectivity index (χ0n) is 17.9. The van der Waals surface area contributed by atoms with E-state index in [9.17, 15) is 9.59 Å². The van der Waals surface area contributed by atoms with E-state index in [1.165, 1.54) is 43.5 Å². The third-order valence-electron chi connectivity index (χ3n) is 5.52. The highest BCUT2D eigenvalue weighted by atomic mass is 19.3. The molecule has 0 saturated carbocycles. The molecule has 1 atom stereocenters. The summed E-state index contributed by atoms with van der Waals surface area (Å²) in [5.74, 6) is -4.96. The molecule has 0 radical (unpaired) electrons. The lowest BCUT2D eigenvalue weighted by atomic mass is 9.94. The van der Waals surface area contributed by atoms with Crippen molar-refractivity contribution in [2.24, 2.45) is 0 Å². The van der Waals surface area contributed by atoms with Gasteiger partial charge in [0.05, 0.1) is 12.8 Å². The summed E-state index contributed by atoms with van der Waals surface area (Å²) >= 11 is 0. The van der Waals surface area contributed by atoms with Gasteiger partial charge in [-0.15, -0.1) is 0 Å². The van der Waals surface area contributed by atoms with Gasteiger partial charge in [0.25, 0.3) is 0 Å². The van der Waals surface area contributed by atoms with Crippen LogP contribution >= 0.6 is 0 Å². The van der Waals surface area contributed by atoms with Gasteiger partial charge in [-0.25, -0.2) is 9.69 Å². The number of nitrogens with zero attached hydrogens (tertiary/aromatic N) is 2. The highest BCUT2D eigenvalue weighted by Gasteiger charge is 2.60. The van der Waals surface area contributed by atoms with Gasteiger partial charge in [-0.3, -0.25) is 9.69 Å². The van der Waals surface area contributed by atoms with Crippen molar-refractivity contribution in [2.75, 3.05) is 16.9 Å². The SMILES string of the molecule is COc1ccc(C2N(c3ccc(C)cc3)C(=O)N(c3ccc(C)cc3)C(=O)C2(F)F)cc1. The van der Waals surface area contributed by atoms with Crippen molar-refractivity contribution in [2.45, 2.75) is 25.8 Å². The third-order valence-corrected chi connectivity index (χ3v) is 5.52. The number of methoxy groups -OCH3 is 1. The molecule has 1 heterocycles. The summed E-state index contributed by atoms with van der Waals surface area (Å²) in [5, 5.41) is 0. The number of imide groups is 1. The molecule has 5 nitrogen and oxygen atoms in total. The number of hydrogen-bond donors (Lipinski definition) is 0. The van der Waals surface area contributed by atoms with Crippen LogP contribution in [0.1, 0.15) is 22.7 Å². The van der Waals surface area contributed by atoms with Crippen molar-refractivity contribution in [3.63, 3.8) is 0 Å². The first-order chi connectivity index (χ1) is 15.2. The Kier molecular flexibility index (Phi) is 5.42. The Morgan fingerprint density at radius 2 is 1.28 bits per heavy atom. The van der Waals surface area contributed by atoms with Crippen molar-refractivity contribution in [1.82, 2.24) is 0 Å². The first kappa shape index (κ1) is 21.5. The first-order valence-corrected chi connectivity index (χ1v) is 10.1. The number of ether oxygens (including phenoxy) is 1. The van der Waals surface area contributed by atoms with E-state index in [4.69, 9.17) is 4.74 Å². The number of alkyl halides is 2. The van der Waals surface area contributed by atoms with E-state index in [0.29, 0.717) is 10.6 Å².